The molecule has 3 aromatic carbocycles. The molecule has 7 rings (SSSR count). The molecule has 1 atom stereocenters. The van der Waals surface area contributed by atoms with Crippen molar-refractivity contribution in [1.82, 2.24) is 14.7 Å². The monoisotopic (exact) mass is 589 g/mol. The number of imide groups is 1. The van der Waals surface area contributed by atoms with Crippen LogP contribution < -0.4 is 0 Å². The van der Waals surface area contributed by atoms with Crippen molar-refractivity contribution in [3.05, 3.63) is 123 Å². The maximum atomic E-state index is 14.1. The summed E-state index contributed by atoms with van der Waals surface area (Å²) in [4.78, 5) is 43.3. The number of aromatic nitrogens is 2. The minimum atomic E-state index is -0.385. The molecule has 0 bridgehead atoms. The van der Waals surface area contributed by atoms with Gasteiger partial charge in [0, 0.05) is 35.5 Å². The average molecular weight is 590 g/mol. The van der Waals surface area contributed by atoms with E-state index in [2.05, 4.69) is 17.2 Å². The third-order valence-corrected chi connectivity index (χ3v) is 9.48. The maximum Gasteiger partial charge on any atom is 0.261 e. The van der Waals surface area contributed by atoms with Gasteiger partial charge in [-0.25, -0.2) is 4.39 Å². The van der Waals surface area contributed by atoms with Gasteiger partial charge in [0.25, 0.3) is 11.8 Å². The highest BCUT2D eigenvalue weighted by Crippen LogP contribution is 2.41. The fourth-order valence-corrected chi connectivity index (χ4v) is 7.39. The molecule has 0 radical (unpaired) electrons. The quantitative estimate of drug-likeness (QED) is 0.143. The number of amides is 2. The van der Waals surface area contributed by atoms with Crippen molar-refractivity contribution in [2.45, 2.75) is 32.2 Å². The molecule has 0 unspecified atom stereocenters. The van der Waals surface area contributed by atoms with E-state index in [1.54, 1.807) is 30.3 Å². The average Bonchev–Trinajstić information content (AvgIpc) is 3.66. The second kappa shape index (κ2) is 11.2. The molecular formula is C35H28FN3O3S. The first-order valence-corrected chi connectivity index (χ1v) is 15.2. The van der Waals surface area contributed by atoms with Crippen molar-refractivity contribution in [2.75, 3.05) is 6.54 Å². The van der Waals surface area contributed by atoms with Crippen molar-refractivity contribution in [3.63, 3.8) is 0 Å². The van der Waals surface area contributed by atoms with E-state index in [-0.39, 0.29) is 42.3 Å². The van der Waals surface area contributed by atoms with Gasteiger partial charge in [0.05, 0.1) is 27.9 Å². The Labute approximate surface area is 252 Å². The number of carbonyl (C=O) groups is 3. The Balaban J connectivity index is 1.19. The lowest BCUT2D eigenvalue weighted by molar-refractivity contribution is 0.0617. The summed E-state index contributed by atoms with van der Waals surface area (Å²) in [6.45, 7) is 0.882. The first-order valence-electron chi connectivity index (χ1n) is 14.4. The Bertz CT molecular complexity index is 1840. The fraction of sp³-hybridized carbons (Fsp3) is 0.200. The first-order chi connectivity index (χ1) is 21.0. The number of nitrogens with zero attached hydrogens (tertiary/aromatic N) is 3. The molecule has 5 aromatic rings. The summed E-state index contributed by atoms with van der Waals surface area (Å²) in [5.74, 6) is -1.52. The van der Waals surface area contributed by atoms with Crippen LogP contribution in [0.2, 0.25) is 0 Å². The molecule has 6 nitrogen and oxygen atoms in total. The van der Waals surface area contributed by atoms with Crippen LogP contribution >= 0.6 is 11.3 Å². The summed E-state index contributed by atoms with van der Waals surface area (Å²) < 4.78 is 16.1. The van der Waals surface area contributed by atoms with Crippen LogP contribution in [0.3, 0.4) is 0 Å². The van der Waals surface area contributed by atoms with E-state index in [0.29, 0.717) is 28.0 Å². The van der Waals surface area contributed by atoms with E-state index in [1.807, 2.05) is 41.2 Å². The van der Waals surface area contributed by atoms with Crippen molar-refractivity contribution in [1.29, 1.82) is 0 Å². The minimum absolute atomic E-state index is 0.0524. The third-order valence-electron chi connectivity index (χ3n) is 8.24. The van der Waals surface area contributed by atoms with Crippen LogP contribution in [-0.2, 0) is 19.4 Å². The molecule has 214 valence electrons. The molecule has 2 aliphatic heterocycles. The van der Waals surface area contributed by atoms with Crippen LogP contribution in [0.15, 0.2) is 91.1 Å². The van der Waals surface area contributed by atoms with Crippen LogP contribution in [0.25, 0.3) is 22.4 Å². The van der Waals surface area contributed by atoms with Gasteiger partial charge >= 0.3 is 0 Å². The SMILES string of the molecule is O=C(C[C@@H](Cc1cccc(F)c1)CN1C(=O)c2ccccc2C1=O)c1cc2c(s1)CCCn1ncc(-c3ccccc3)c1-2. The Hall–Kier alpha value is -4.69. The number of hydrogen-bond donors (Lipinski definition) is 0. The fourth-order valence-electron chi connectivity index (χ4n) is 6.23. The van der Waals surface area contributed by atoms with Crippen LogP contribution in [0.1, 0.15) is 53.7 Å². The molecule has 43 heavy (non-hydrogen) atoms. The van der Waals surface area contributed by atoms with Crippen molar-refractivity contribution >= 4 is 28.9 Å². The number of thiophene rings is 1. The Morgan fingerprint density at radius 1 is 0.884 bits per heavy atom. The lowest BCUT2D eigenvalue weighted by atomic mass is 9.92. The number of aryl methyl sites for hydroxylation is 2. The predicted octanol–water partition coefficient (Wildman–Crippen LogP) is 7.09. The summed E-state index contributed by atoms with van der Waals surface area (Å²) in [6.07, 6.45) is 4.15. The van der Waals surface area contributed by atoms with Gasteiger partial charge in [-0.2, -0.15) is 5.10 Å². The number of ketones is 1. The number of Topliss-reactive ketones (excluding diaryl/α,β-unsaturated/α-hetero) is 1. The number of rotatable bonds is 8. The molecule has 0 fully saturated rings. The van der Waals surface area contributed by atoms with Gasteiger partial charge in [0.15, 0.2) is 5.78 Å². The van der Waals surface area contributed by atoms with E-state index in [1.165, 1.54) is 28.4 Å². The Morgan fingerprint density at radius 2 is 1.63 bits per heavy atom. The zero-order chi connectivity index (χ0) is 29.5. The lowest BCUT2D eigenvalue weighted by Crippen LogP contribution is -2.36. The van der Waals surface area contributed by atoms with Gasteiger partial charge in [-0.3, -0.25) is 24.0 Å². The van der Waals surface area contributed by atoms with Crippen LogP contribution in [0.4, 0.5) is 4.39 Å². The molecule has 2 aromatic heterocycles. The topological polar surface area (TPSA) is 72.3 Å². The standard InChI is InChI=1S/C35H28FN3O3S/c36-25-11-6-8-22(17-25)16-23(21-38-34(41)26-12-4-5-13-27(26)35(38)42)18-30(40)32-19-28-31(43-32)14-7-15-39-33(28)29(20-37-39)24-9-2-1-3-10-24/h1-6,8-13,17,19-20,23H,7,14-16,18,21H2/t23-/m1/s1. The van der Waals surface area contributed by atoms with E-state index in [4.69, 9.17) is 0 Å². The largest absolute Gasteiger partial charge is 0.293 e. The minimum Gasteiger partial charge on any atom is -0.293 e. The molecule has 0 N–H and O–H groups in total. The molecule has 2 amide bonds. The van der Waals surface area contributed by atoms with E-state index in [9.17, 15) is 18.8 Å². The summed E-state index contributed by atoms with van der Waals surface area (Å²) in [6, 6.07) is 25.1. The summed E-state index contributed by atoms with van der Waals surface area (Å²) in [7, 11) is 0. The lowest BCUT2D eigenvalue weighted by Gasteiger charge is -2.22. The van der Waals surface area contributed by atoms with Gasteiger partial charge in [-0.05, 0) is 66.6 Å². The zero-order valence-electron chi connectivity index (χ0n) is 23.3. The van der Waals surface area contributed by atoms with E-state index < -0.39 is 0 Å². The Kier molecular flexibility index (Phi) is 7.07. The second-order valence-electron chi connectivity index (χ2n) is 11.1. The van der Waals surface area contributed by atoms with Crippen molar-refractivity contribution in [2.24, 2.45) is 5.92 Å². The van der Waals surface area contributed by atoms with E-state index in [0.717, 1.165) is 46.6 Å². The highest BCUT2D eigenvalue weighted by atomic mass is 32.1. The predicted molar refractivity (Wildman–Crippen MR) is 164 cm³/mol. The number of fused-ring (bicyclic) bond motifs is 4. The molecule has 0 aliphatic carbocycles. The highest BCUT2D eigenvalue weighted by molar-refractivity contribution is 7.14. The number of hydrogen-bond acceptors (Lipinski definition) is 5. The van der Waals surface area contributed by atoms with Crippen LogP contribution in [0.5, 0.6) is 0 Å². The van der Waals surface area contributed by atoms with Crippen molar-refractivity contribution < 1.29 is 18.8 Å². The molecule has 4 heterocycles. The molecule has 2 aliphatic rings. The number of halogens is 1. The first kappa shape index (κ1) is 27.2. The van der Waals surface area contributed by atoms with Crippen LogP contribution in [0, 0.1) is 11.7 Å². The molecular weight excluding hydrogens is 561 g/mol. The van der Waals surface area contributed by atoms with E-state index >= 15 is 0 Å². The van der Waals surface area contributed by atoms with Crippen molar-refractivity contribution in [3.8, 4) is 22.4 Å². The van der Waals surface area contributed by atoms with Gasteiger partial charge in [-0.15, -0.1) is 11.3 Å². The smallest absolute Gasteiger partial charge is 0.261 e. The second-order valence-corrected chi connectivity index (χ2v) is 12.3. The summed E-state index contributed by atoms with van der Waals surface area (Å²) in [5, 5.41) is 4.67. The maximum absolute atomic E-state index is 14.1. The van der Waals surface area contributed by atoms with Crippen LogP contribution in [-0.4, -0.2) is 38.8 Å². The molecule has 0 spiro atoms. The summed E-state index contributed by atoms with van der Waals surface area (Å²) in [5.41, 5.74) is 5.63. The van der Waals surface area contributed by atoms with Gasteiger partial charge in [0.2, 0.25) is 0 Å². The Morgan fingerprint density at radius 3 is 2.37 bits per heavy atom. The van der Waals surface area contributed by atoms with Gasteiger partial charge in [-0.1, -0.05) is 54.6 Å². The molecule has 0 saturated carbocycles. The molecule has 8 heteroatoms. The normalized spacial score (nSPS) is 14.7. The number of benzene rings is 3. The molecule has 0 saturated heterocycles. The van der Waals surface area contributed by atoms with Gasteiger partial charge in [0.1, 0.15) is 5.82 Å². The summed E-state index contributed by atoms with van der Waals surface area (Å²) >= 11 is 1.51. The van der Waals surface area contributed by atoms with Gasteiger partial charge < -0.3 is 0 Å². The number of carbonyl (C=O) groups excluding carboxylic acids is 3. The third kappa shape index (κ3) is 5.12. The highest BCUT2D eigenvalue weighted by Gasteiger charge is 2.37. The zero-order valence-corrected chi connectivity index (χ0v) is 24.1.